The summed E-state index contributed by atoms with van der Waals surface area (Å²) in [5, 5.41) is 0.446. The van der Waals surface area contributed by atoms with Crippen LogP contribution in [-0.4, -0.2) is 12.7 Å². The molecule has 0 bridgehead atoms. The fourth-order valence-electron chi connectivity index (χ4n) is 1.63. The van der Waals surface area contributed by atoms with Crippen LogP contribution in [0.2, 0.25) is 5.02 Å². The Labute approximate surface area is 97.4 Å². The molecule has 0 aromatic heterocycles. The van der Waals surface area contributed by atoms with Crippen LogP contribution in [-0.2, 0) is 0 Å². The summed E-state index contributed by atoms with van der Waals surface area (Å²) in [6.45, 7) is 0.229. The quantitative estimate of drug-likeness (QED) is 0.867. The molecule has 0 saturated carbocycles. The van der Waals surface area contributed by atoms with E-state index in [1.807, 2.05) is 0 Å². The van der Waals surface area contributed by atoms with Crippen molar-refractivity contribution in [1.82, 2.24) is 0 Å². The summed E-state index contributed by atoms with van der Waals surface area (Å²) >= 11 is 5.75. The molecule has 0 fully saturated rings. The normalized spacial score (nSPS) is 13.8. The Morgan fingerprint density at radius 1 is 1.31 bits per heavy atom. The van der Waals surface area contributed by atoms with Gasteiger partial charge in [0.25, 0.3) is 0 Å². The molecule has 1 atom stereocenters. The van der Waals surface area contributed by atoms with Crippen molar-refractivity contribution in [3.8, 4) is 0 Å². The first-order valence-electron chi connectivity index (χ1n) is 4.94. The molecular weight excluding hydrogens is 239 g/mol. The van der Waals surface area contributed by atoms with Crippen LogP contribution < -0.4 is 5.73 Å². The van der Waals surface area contributed by atoms with E-state index in [9.17, 15) is 13.2 Å². The highest BCUT2D eigenvalue weighted by atomic mass is 35.5. The van der Waals surface area contributed by atoms with Gasteiger partial charge in [-0.05, 0) is 36.6 Å². The zero-order chi connectivity index (χ0) is 12.2. The van der Waals surface area contributed by atoms with Crippen LogP contribution in [0.25, 0.3) is 0 Å². The highest BCUT2D eigenvalue weighted by molar-refractivity contribution is 6.30. The molecule has 0 aliphatic rings. The number of hydrogen-bond donors (Lipinski definition) is 1. The lowest BCUT2D eigenvalue weighted by molar-refractivity contribution is -0.139. The van der Waals surface area contributed by atoms with Crippen molar-refractivity contribution >= 4 is 11.6 Å². The van der Waals surface area contributed by atoms with Crippen LogP contribution in [0, 0.1) is 0 Å². The van der Waals surface area contributed by atoms with Gasteiger partial charge in [0, 0.05) is 5.02 Å². The number of halogens is 4. The zero-order valence-electron chi connectivity index (χ0n) is 8.60. The molecule has 1 nitrogen and oxygen atoms in total. The van der Waals surface area contributed by atoms with E-state index < -0.39 is 18.5 Å². The van der Waals surface area contributed by atoms with Gasteiger partial charge in [-0.3, -0.25) is 0 Å². The molecule has 2 N–H and O–H groups in total. The van der Waals surface area contributed by atoms with Crippen molar-refractivity contribution in [2.75, 3.05) is 6.54 Å². The lowest BCUT2D eigenvalue weighted by atomic mass is 9.92. The monoisotopic (exact) mass is 251 g/mol. The second-order valence-electron chi connectivity index (χ2n) is 3.65. The minimum atomic E-state index is -4.18. The topological polar surface area (TPSA) is 26.0 Å². The van der Waals surface area contributed by atoms with Gasteiger partial charge in [-0.2, -0.15) is 13.2 Å². The summed E-state index contributed by atoms with van der Waals surface area (Å²) in [7, 11) is 0. The standard InChI is InChI=1S/C11H13ClF3N/c12-10-3-1-2-8(6-10)9(4-5-16)7-11(13,14)15/h1-3,6,9H,4-5,7,16H2. The molecule has 1 aromatic carbocycles. The highest BCUT2D eigenvalue weighted by Crippen LogP contribution is 2.33. The zero-order valence-corrected chi connectivity index (χ0v) is 9.35. The maximum absolute atomic E-state index is 12.3. The van der Waals surface area contributed by atoms with Gasteiger partial charge in [-0.15, -0.1) is 0 Å². The first-order chi connectivity index (χ1) is 7.42. The number of benzene rings is 1. The lowest BCUT2D eigenvalue weighted by Gasteiger charge is -2.18. The summed E-state index contributed by atoms with van der Waals surface area (Å²) < 4.78 is 37.0. The molecule has 0 saturated heterocycles. The first kappa shape index (κ1) is 13.3. The largest absolute Gasteiger partial charge is 0.389 e. The maximum atomic E-state index is 12.3. The fourth-order valence-corrected chi connectivity index (χ4v) is 1.83. The van der Waals surface area contributed by atoms with Gasteiger partial charge in [0.05, 0.1) is 6.42 Å². The number of rotatable bonds is 4. The Hall–Kier alpha value is -0.740. The summed E-state index contributed by atoms with van der Waals surface area (Å²) in [6.07, 6.45) is -4.73. The lowest BCUT2D eigenvalue weighted by Crippen LogP contribution is -2.16. The number of hydrogen-bond acceptors (Lipinski definition) is 1. The molecule has 90 valence electrons. The van der Waals surface area contributed by atoms with Gasteiger partial charge >= 0.3 is 6.18 Å². The average molecular weight is 252 g/mol. The summed E-state index contributed by atoms with van der Waals surface area (Å²) in [6, 6.07) is 6.50. The predicted octanol–water partition coefficient (Wildman–Crippen LogP) is 3.72. The van der Waals surface area contributed by atoms with E-state index >= 15 is 0 Å². The Bertz CT molecular complexity index is 338. The summed E-state index contributed by atoms with van der Waals surface area (Å²) in [5.74, 6) is -0.608. The molecule has 0 amide bonds. The van der Waals surface area contributed by atoms with Gasteiger partial charge in [-0.1, -0.05) is 23.7 Å². The van der Waals surface area contributed by atoms with E-state index in [2.05, 4.69) is 0 Å². The molecule has 1 aromatic rings. The van der Waals surface area contributed by atoms with Crippen LogP contribution in [0.15, 0.2) is 24.3 Å². The Balaban J connectivity index is 2.85. The van der Waals surface area contributed by atoms with Crippen molar-refractivity contribution in [3.63, 3.8) is 0 Å². The van der Waals surface area contributed by atoms with E-state index in [1.54, 1.807) is 24.3 Å². The predicted molar refractivity (Wildman–Crippen MR) is 58.5 cm³/mol. The van der Waals surface area contributed by atoms with E-state index in [0.717, 1.165) is 0 Å². The molecule has 0 spiro atoms. The minimum Gasteiger partial charge on any atom is -0.330 e. The minimum absolute atomic E-state index is 0.229. The summed E-state index contributed by atoms with van der Waals surface area (Å²) in [4.78, 5) is 0. The van der Waals surface area contributed by atoms with Crippen molar-refractivity contribution in [3.05, 3.63) is 34.9 Å². The molecule has 1 unspecified atom stereocenters. The fraction of sp³-hybridized carbons (Fsp3) is 0.455. The number of nitrogens with two attached hydrogens (primary N) is 1. The van der Waals surface area contributed by atoms with Gasteiger partial charge in [0.1, 0.15) is 0 Å². The van der Waals surface area contributed by atoms with Gasteiger partial charge < -0.3 is 5.73 Å². The van der Waals surface area contributed by atoms with Gasteiger partial charge in [0.15, 0.2) is 0 Å². The van der Waals surface area contributed by atoms with Crippen LogP contribution in [0.5, 0.6) is 0 Å². The van der Waals surface area contributed by atoms with Crippen molar-refractivity contribution in [2.24, 2.45) is 5.73 Å². The van der Waals surface area contributed by atoms with E-state index in [0.29, 0.717) is 17.0 Å². The van der Waals surface area contributed by atoms with Crippen LogP contribution in [0.4, 0.5) is 13.2 Å². The first-order valence-corrected chi connectivity index (χ1v) is 5.32. The molecule has 0 radical (unpaired) electrons. The SMILES string of the molecule is NCCC(CC(F)(F)F)c1cccc(Cl)c1. The Morgan fingerprint density at radius 3 is 2.50 bits per heavy atom. The van der Waals surface area contributed by atoms with E-state index in [4.69, 9.17) is 17.3 Å². The second kappa shape index (κ2) is 5.55. The van der Waals surface area contributed by atoms with Gasteiger partial charge in [-0.25, -0.2) is 0 Å². The molecule has 0 aliphatic heterocycles. The molecular formula is C11H13ClF3N. The average Bonchev–Trinajstić information content (AvgIpc) is 2.15. The highest BCUT2D eigenvalue weighted by Gasteiger charge is 2.32. The van der Waals surface area contributed by atoms with Crippen LogP contribution in [0.1, 0.15) is 24.3 Å². The van der Waals surface area contributed by atoms with Crippen molar-refractivity contribution < 1.29 is 13.2 Å². The second-order valence-corrected chi connectivity index (χ2v) is 4.09. The van der Waals surface area contributed by atoms with Gasteiger partial charge in [0.2, 0.25) is 0 Å². The summed E-state index contributed by atoms with van der Waals surface area (Å²) in [5.41, 5.74) is 5.92. The third-order valence-corrected chi connectivity index (χ3v) is 2.55. The molecule has 16 heavy (non-hydrogen) atoms. The molecule has 1 rings (SSSR count). The Morgan fingerprint density at radius 2 is 2.00 bits per heavy atom. The molecule has 0 aliphatic carbocycles. The smallest absolute Gasteiger partial charge is 0.330 e. The van der Waals surface area contributed by atoms with Crippen LogP contribution in [0.3, 0.4) is 0 Å². The molecule has 0 heterocycles. The molecule has 5 heteroatoms. The van der Waals surface area contributed by atoms with E-state index in [-0.39, 0.29) is 6.54 Å². The van der Waals surface area contributed by atoms with Crippen molar-refractivity contribution in [2.45, 2.75) is 24.9 Å². The maximum Gasteiger partial charge on any atom is 0.389 e. The Kier molecular flexibility index (Phi) is 4.62. The third-order valence-electron chi connectivity index (χ3n) is 2.31. The van der Waals surface area contributed by atoms with E-state index in [1.165, 1.54) is 0 Å². The third kappa shape index (κ3) is 4.41. The van der Waals surface area contributed by atoms with Crippen LogP contribution >= 0.6 is 11.6 Å². The van der Waals surface area contributed by atoms with Crippen molar-refractivity contribution in [1.29, 1.82) is 0 Å². The number of alkyl halides is 3.